The highest BCUT2D eigenvalue weighted by atomic mass is 35.5. The summed E-state index contributed by atoms with van der Waals surface area (Å²) in [6, 6.07) is 6.47. The van der Waals surface area contributed by atoms with Crippen LogP contribution >= 0.6 is 34.8 Å². The minimum Gasteiger partial charge on any atom is -0.292 e. The number of nitrogens with zero attached hydrogens (tertiary/aromatic N) is 2. The topological polar surface area (TPSA) is 34.9 Å². The van der Waals surface area contributed by atoms with Crippen LogP contribution in [0, 0.1) is 6.92 Å². The molecule has 0 N–H and O–H groups in total. The number of halogens is 3. The summed E-state index contributed by atoms with van der Waals surface area (Å²) in [6.07, 6.45) is 0. The maximum atomic E-state index is 11.8. The van der Waals surface area contributed by atoms with E-state index in [9.17, 15) is 4.79 Å². The van der Waals surface area contributed by atoms with E-state index in [1.807, 2.05) is 0 Å². The van der Waals surface area contributed by atoms with Gasteiger partial charge in [-0.1, -0.05) is 40.9 Å². The number of aromatic nitrogens is 2. The molecule has 1 heterocycles. The van der Waals surface area contributed by atoms with Crippen LogP contribution in [0.1, 0.15) is 11.4 Å². The zero-order valence-corrected chi connectivity index (χ0v) is 11.7. The number of aryl methyl sites for hydroxylation is 1. The second kappa shape index (κ2) is 5.31. The molecule has 2 rings (SSSR count). The third-order valence-electron chi connectivity index (χ3n) is 2.55. The molecule has 2 aromatic rings. The normalized spacial score (nSPS) is 10.7. The standard InChI is InChI=1S/C12H9Cl3N2O/c1-7-16-11(15)5-12(18)17(7)6-8-9(13)3-2-4-10(8)14/h2-5H,6H2,1H3. The van der Waals surface area contributed by atoms with Crippen LogP contribution in [0.4, 0.5) is 0 Å². The molecule has 0 aliphatic carbocycles. The SMILES string of the molecule is Cc1nc(Cl)cc(=O)n1Cc1c(Cl)cccc1Cl. The summed E-state index contributed by atoms with van der Waals surface area (Å²) in [5, 5.41) is 1.21. The molecule has 1 aromatic heterocycles. The van der Waals surface area contributed by atoms with Crippen molar-refractivity contribution in [3.63, 3.8) is 0 Å². The van der Waals surface area contributed by atoms with E-state index >= 15 is 0 Å². The molecule has 0 saturated carbocycles. The first-order valence-electron chi connectivity index (χ1n) is 5.16. The lowest BCUT2D eigenvalue weighted by molar-refractivity contribution is 0.701. The quantitative estimate of drug-likeness (QED) is 0.795. The predicted molar refractivity (Wildman–Crippen MR) is 73.8 cm³/mol. The van der Waals surface area contributed by atoms with Gasteiger partial charge in [0.15, 0.2) is 0 Å². The molecule has 0 radical (unpaired) electrons. The lowest BCUT2D eigenvalue weighted by Gasteiger charge is -2.11. The molecule has 18 heavy (non-hydrogen) atoms. The Balaban J connectivity index is 2.50. The lowest BCUT2D eigenvalue weighted by atomic mass is 10.2. The zero-order chi connectivity index (χ0) is 13.3. The van der Waals surface area contributed by atoms with Gasteiger partial charge in [0.05, 0.1) is 6.54 Å². The molecule has 0 spiro atoms. The van der Waals surface area contributed by atoms with E-state index in [4.69, 9.17) is 34.8 Å². The van der Waals surface area contributed by atoms with E-state index in [1.54, 1.807) is 25.1 Å². The summed E-state index contributed by atoms with van der Waals surface area (Å²) < 4.78 is 1.47. The van der Waals surface area contributed by atoms with Crippen molar-refractivity contribution in [2.45, 2.75) is 13.5 Å². The molecule has 0 aliphatic rings. The maximum absolute atomic E-state index is 11.8. The van der Waals surface area contributed by atoms with Gasteiger partial charge in [-0.05, 0) is 19.1 Å². The van der Waals surface area contributed by atoms with Gasteiger partial charge in [-0.3, -0.25) is 9.36 Å². The van der Waals surface area contributed by atoms with Gasteiger partial charge in [0.25, 0.3) is 5.56 Å². The van der Waals surface area contributed by atoms with Crippen LogP contribution in [-0.4, -0.2) is 9.55 Å². The first kappa shape index (κ1) is 13.4. The lowest BCUT2D eigenvalue weighted by Crippen LogP contribution is -2.23. The van der Waals surface area contributed by atoms with Gasteiger partial charge in [0.2, 0.25) is 0 Å². The molecule has 0 aliphatic heterocycles. The Hall–Kier alpha value is -1.03. The molecule has 0 unspecified atom stereocenters. The van der Waals surface area contributed by atoms with Gasteiger partial charge >= 0.3 is 0 Å². The van der Waals surface area contributed by atoms with Crippen molar-refractivity contribution in [2.24, 2.45) is 0 Å². The zero-order valence-electron chi connectivity index (χ0n) is 9.45. The first-order valence-corrected chi connectivity index (χ1v) is 6.29. The van der Waals surface area contributed by atoms with Crippen LogP contribution in [0.25, 0.3) is 0 Å². The molecule has 3 nitrogen and oxygen atoms in total. The number of hydrogen-bond donors (Lipinski definition) is 0. The maximum Gasteiger partial charge on any atom is 0.255 e. The van der Waals surface area contributed by atoms with Crippen LogP contribution < -0.4 is 5.56 Å². The van der Waals surface area contributed by atoms with Crippen molar-refractivity contribution in [2.75, 3.05) is 0 Å². The Morgan fingerprint density at radius 2 is 1.83 bits per heavy atom. The highest BCUT2D eigenvalue weighted by molar-refractivity contribution is 6.36. The summed E-state index contributed by atoms with van der Waals surface area (Å²) in [6.45, 7) is 1.98. The van der Waals surface area contributed by atoms with Gasteiger partial charge in [0, 0.05) is 21.7 Å². The van der Waals surface area contributed by atoms with Crippen molar-refractivity contribution in [3.8, 4) is 0 Å². The molecule has 1 aromatic carbocycles. The Morgan fingerprint density at radius 1 is 1.22 bits per heavy atom. The molecule has 0 bridgehead atoms. The average Bonchev–Trinajstić information content (AvgIpc) is 2.26. The number of rotatable bonds is 2. The molecule has 0 fully saturated rings. The third kappa shape index (κ3) is 2.69. The van der Waals surface area contributed by atoms with E-state index in [2.05, 4.69) is 4.98 Å². The summed E-state index contributed by atoms with van der Waals surface area (Å²) in [4.78, 5) is 15.9. The fraction of sp³-hybridized carbons (Fsp3) is 0.167. The largest absolute Gasteiger partial charge is 0.292 e. The highest BCUT2D eigenvalue weighted by Gasteiger charge is 2.10. The molecular formula is C12H9Cl3N2O. The van der Waals surface area contributed by atoms with Gasteiger partial charge in [0.1, 0.15) is 11.0 Å². The first-order chi connectivity index (χ1) is 8.49. The highest BCUT2D eigenvalue weighted by Crippen LogP contribution is 2.24. The van der Waals surface area contributed by atoms with Gasteiger partial charge < -0.3 is 0 Å². The van der Waals surface area contributed by atoms with Crippen molar-refractivity contribution in [3.05, 3.63) is 61.2 Å². The second-order valence-corrected chi connectivity index (χ2v) is 4.95. The van der Waals surface area contributed by atoms with Crippen LogP contribution in [-0.2, 0) is 6.54 Å². The fourth-order valence-electron chi connectivity index (χ4n) is 1.62. The molecular weight excluding hydrogens is 295 g/mol. The van der Waals surface area contributed by atoms with Gasteiger partial charge in [-0.25, -0.2) is 4.98 Å². The summed E-state index contributed by atoms with van der Waals surface area (Å²) in [7, 11) is 0. The van der Waals surface area contributed by atoms with Gasteiger partial charge in [-0.2, -0.15) is 0 Å². The average molecular weight is 304 g/mol. The second-order valence-electron chi connectivity index (χ2n) is 3.75. The molecule has 0 amide bonds. The minimum absolute atomic E-state index is 0.180. The van der Waals surface area contributed by atoms with Crippen molar-refractivity contribution in [1.82, 2.24) is 9.55 Å². The van der Waals surface area contributed by atoms with E-state index in [0.29, 0.717) is 21.4 Å². The fourth-order valence-corrected chi connectivity index (χ4v) is 2.35. The van der Waals surface area contributed by atoms with Crippen molar-refractivity contribution >= 4 is 34.8 Å². The number of benzene rings is 1. The van der Waals surface area contributed by atoms with E-state index in [-0.39, 0.29) is 17.3 Å². The predicted octanol–water partition coefficient (Wildman–Crippen LogP) is 3.56. The monoisotopic (exact) mass is 302 g/mol. The summed E-state index contributed by atoms with van der Waals surface area (Å²) >= 11 is 17.8. The van der Waals surface area contributed by atoms with Crippen molar-refractivity contribution < 1.29 is 0 Å². The van der Waals surface area contributed by atoms with Crippen LogP contribution in [0.5, 0.6) is 0 Å². The number of hydrogen-bond acceptors (Lipinski definition) is 2. The minimum atomic E-state index is -0.233. The molecule has 94 valence electrons. The Labute approximate surface area is 119 Å². The van der Waals surface area contributed by atoms with Gasteiger partial charge in [-0.15, -0.1) is 0 Å². The smallest absolute Gasteiger partial charge is 0.255 e. The van der Waals surface area contributed by atoms with Crippen LogP contribution in [0.3, 0.4) is 0 Å². The molecule has 0 atom stereocenters. The third-order valence-corrected chi connectivity index (χ3v) is 3.45. The van der Waals surface area contributed by atoms with E-state index < -0.39 is 0 Å². The van der Waals surface area contributed by atoms with E-state index in [1.165, 1.54) is 10.6 Å². The van der Waals surface area contributed by atoms with Crippen LogP contribution in [0.15, 0.2) is 29.1 Å². The molecule has 6 heteroatoms. The Bertz CT molecular complexity index is 632. The van der Waals surface area contributed by atoms with Crippen LogP contribution in [0.2, 0.25) is 15.2 Å². The van der Waals surface area contributed by atoms with E-state index in [0.717, 1.165) is 0 Å². The summed E-state index contributed by atoms with van der Waals surface area (Å²) in [5.74, 6) is 0.517. The molecule has 0 saturated heterocycles. The summed E-state index contributed by atoms with van der Waals surface area (Å²) in [5.41, 5.74) is 0.457. The Kier molecular flexibility index (Phi) is 3.95. The van der Waals surface area contributed by atoms with Crippen molar-refractivity contribution in [1.29, 1.82) is 0 Å². The Morgan fingerprint density at radius 3 is 2.39 bits per heavy atom.